The minimum absolute atomic E-state index is 0.00421. The monoisotopic (exact) mass is 939 g/mol. The van der Waals surface area contributed by atoms with E-state index in [1.165, 1.54) is 41.3 Å². The van der Waals surface area contributed by atoms with Crippen LogP contribution in [-0.2, 0) is 16.1 Å². The quantitative estimate of drug-likeness (QED) is 0.0313. The minimum Gasteiger partial charge on any atom is -0.459 e. The van der Waals surface area contributed by atoms with E-state index in [0.717, 1.165) is 47.9 Å². The highest BCUT2D eigenvalue weighted by Gasteiger charge is 2.65. The van der Waals surface area contributed by atoms with Crippen molar-refractivity contribution < 1.29 is 48.1 Å². The predicted molar refractivity (Wildman–Crippen MR) is 260 cm³/mol. The number of benzene rings is 5. The van der Waals surface area contributed by atoms with Gasteiger partial charge >= 0.3 is 6.09 Å². The number of non-ortho nitro benzene ring substituents is 1. The topological polar surface area (TPSA) is 162 Å². The van der Waals surface area contributed by atoms with Crippen LogP contribution >= 0.6 is 0 Å². The molecule has 5 aromatic carbocycles. The number of aliphatic hydroxyl groups excluding tert-OH is 2. The summed E-state index contributed by atoms with van der Waals surface area (Å²) >= 11 is 0. The standard InChI is InChI=1S/C55H58FN3O10/c1-3-32-65-55-51(58(36-37-16-20-41(56)21-17-37)54(62)68-44-26-22-42(23-27-44)59(63)64)35-49(57-66-4-2)47-33-40(14-8-10-30-60)46(15-9-11-31-61)52(53(47)55)48-34-45(28-29-50(48)69-55)67-43-24-18-39(19-25-43)38-12-6-5-7-13-38/h3,5-7,12-13,16-29,33-34,40,46,51-53,60-61H,1,4,8-11,14-15,30-32,35-36H2,2H3/t40-,46+,51-,52+,53+,55+/m0/s1. The van der Waals surface area contributed by atoms with Gasteiger partial charge in [0.05, 0.1) is 23.2 Å². The van der Waals surface area contributed by atoms with Gasteiger partial charge in [-0.05, 0) is 121 Å². The molecule has 1 heterocycles. The molecule has 0 unspecified atom stereocenters. The van der Waals surface area contributed by atoms with E-state index in [2.05, 4.69) is 24.8 Å². The van der Waals surface area contributed by atoms with Gasteiger partial charge in [-0.1, -0.05) is 84.7 Å². The number of oxime groups is 1. The third-order valence-corrected chi connectivity index (χ3v) is 13.3. The van der Waals surface area contributed by atoms with E-state index in [4.69, 9.17) is 28.9 Å². The Hall–Kier alpha value is -6.87. The molecular formula is C55H58FN3O10. The maximum absolute atomic E-state index is 15.0. The van der Waals surface area contributed by atoms with Gasteiger partial charge in [-0.3, -0.25) is 15.0 Å². The van der Waals surface area contributed by atoms with Crippen LogP contribution in [0.3, 0.4) is 0 Å². The van der Waals surface area contributed by atoms with E-state index in [0.29, 0.717) is 41.4 Å². The molecule has 1 amide bonds. The maximum atomic E-state index is 15.0. The molecule has 1 aliphatic heterocycles. The van der Waals surface area contributed by atoms with E-state index in [1.54, 1.807) is 18.2 Å². The summed E-state index contributed by atoms with van der Waals surface area (Å²) in [7, 11) is 0. The molecule has 2 N–H and O–H groups in total. The summed E-state index contributed by atoms with van der Waals surface area (Å²) in [6.45, 7) is 6.16. The molecule has 13 nitrogen and oxygen atoms in total. The molecule has 360 valence electrons. The van der Waals surface area contributed by atoms with Crippen LogP contribution in [-0.4, -0.2) is 70.1 Å². The number of ether oxygens (including phenoxy) is 4. The van der Waals surface area contributed by atoms with Crippen LogP contribution in [0.5, 0.6) is 23.0 Å². The van der Waals surface area contributed by atoms with Gasteiger partial charge in [0.1, 0.15) is 41.5 Å². The number of halogens is 1. The second-order valence-corrected chi connectivity index (χ2v) is 17.6. The van der Waals surface area contributed by atoms with Crippen LogP contribution in [0.15, 0.2) is 151 Å². The van der Waals surface area contributed by atoms with Crippen molar-refractivity contribution in [3.8, 4) is 34.1 Å². The lowest BCUT2D eigenvalue weighted by atomic mass is 9.55. The summed E-state index contributed by atoms with van der Waals surface area (Å²) < 4.78 is 41.5. The van der Waals surface area contributed by atoms with Gasteiger partial charge in [-0.25, -0.2) is 9.18 Å². The van der Waals surface area contributed by atoms with Gasteiger partial charge < -0.3 is 34.0 Å². The zero-order valence-corrected chi connectivity index (χ0v) is 38.7. The summed E-state index contributed by atoms with van der Waals surface area (Å²) in [6.07, 6.45) is 7.36. The summed E-state index contributed by atoms with van der Waals surface area (Å²) in [4.78, 5) is 33.3. The Bertz CT molecular complexity index is 2610. The Labute approximate surface area is 401 Å². The van der Waals surface area contributed by atoms with Crippen LogP contribution in [0.2, 0.25) is 0 Å². The number of fused-ring (bicyclic) bond motifs is 2. The predicted octanol–water partition coefficient (Wildman–Crippen LogP) is 11.5. The zero-order valence-electron chi connectivity index (χ0n) is 38.7. The van der Waals surface area contributed by atoms with Gasteiger partial charge in [0.25, 0.3) is 5.69 Å². The normalized spacial score (nSPS) is 21.8. The average molecular weight is 940 g/mol. The Balaban J connectivity index is 1.30. The van der Waals surface area contributed by atoms with Crippen molar-refractivity contribution in [1.29, 1.82) is 0 Å². The summed E-state index contributed by atoms with van der Waals surface area (Å²) in [5, 5.41) is 36.3. The fourth-order valence-electron chi connectivity index (χ4n) is 10.2. The molecule has 1 fully saturated rings. The van der Waals surface area contributed by atoms with Gasteiger partial charge in [0.15, 0.2) is 0 Å². The van der Waals surface area contributed by atoms with Crippen molar-refractivity contribution in [2.75, 3.05) is 26.4 Å². The molecule has 14 heteroatoms. The number of amides is 1. The van der Waals surface area contributed by atoms with Crippen molar-refractivity contribution in [2.24, 2.45) is 22.9 Å². The second-order valence-electron chi connectivity index (χ2n) is 17.6. The van der Waals surface area contributed by atoms with Gasteiger partial charge in [-0.15, -0.1) is 6.58 Å². The van der Waals surface area contributed by atoms with Crippen LogP contribution in [0.25, 0.3) is 11.1 Å². The van der Waals surface area contributed by atoms with E-state index >= 15 is 0 Å². The van der Waals surface area contributed by atoms with Gasteiger partial charge in [0, 0.05) is 49.8 Å². The number of carbonyl (C=O) groups excluding carboxylic acids is 1. The highest BCUT2D eigenvalue weighted by molar-refractivity contribution is 6.03. The van der Waals surface area contributed by atoms with Crippen molar-refractivity contribution >= 4 is 17.5 Å². The number of hydrogen-bond acceptors (Lipinski definition) is 11. The summed E-state index contributed by atoms with van der Waals surface area (Å²) in [6, 6.07) is 33.9. The number of nitro groups is 1. The van der Waals surface area contributed by atoms with E-state index in [1.807, 2.05) is 67.6 Å². The largest absolute Gasteiger partial charge is 0.459 e. The molecule has 0 radical (unpaired) electrons. The second kappa shape index (κ2) is 22.5. The van der Waals surface area contributed by atoms with Crippen molar-refractivity contribution in [3.63, 3.8) is 0 Å². The highest BCUT2D eigenvalue weighted by atomic mass is 19.1. The molecule has 69 heavy (non-hydrogen) atoms. The lowest BCUT2D eigenvalue weighted by Gasteiger charge is -2.59. The van der Waals surface area contributed by atoms with Crippen LogP contribution in [0.1, 0.15) is 68.9 Å². The first kappa shape index (κ1) is 48.6. The number of unbranched alkanes of at least 4 members (excludes halogenated alkanes) is 2. The molecule has 0 aromatic heterocycles. The number of aliphatic hydroxyl groups is 2. The Morgan fingerprint density at radius 2 is 1.58 bits per heavy atom. The molecule has 2 aliphatic carbocycles. The zero-order chi connectivity index (χ0) is 48.3. The molecule has 0 spiro atoms. The molecule has 3 aliphatic rings. The number of nitro benzene ring substituents is 1. The van der Waals surface area contributed by atoms with Crippen molar-refractivity contribution in [1.82, 2.24) is 4.90 Å². The Kier molecular flexibility index (Phi) is 15.8. The van der Waals surface area contributed by atoms with Crippen LogP contribution in [0, 0.1) is 33.7 Å². The fraction of sp³-hybridized carbons (Fsp3) is 0.345. The minimum atomic E-state index is -1.63. The van der Waals surface area contributed by atoms with E-state index in [-0.39, 0.29) is 68.6 Å². The number of nitrogens with zero attached hydrogens (tertiary/aromatic N) is 3. The number of rotatable bonds is 21. The number of carbonyl (C=O) groups is 1. The van der Waals surface area contributed by atoms with E-state index < -0.39 is 34.6 Å². The third-order valence-electron chi connectivity index (χ3n) is 13.3. The first-order chi connectivity index (χ1) is 33.7. The van der Waals surface area contributed by atoms with Gasteiger partial charge in [-0.2, -0.15) is 0 Å². The molecule has 8 rings (SSSR count). The van der Waals surface area contributed by atoms with Crippen molar-refractivity contribution in [2.45, 2.75) is 76.2 Å². The molecule has 1 saturated carbocycles. The molecule has 6 atom stereocenters. The van der Waals surface area contributed by atoms with Gasteiger partial charge in [0.2, 0.25) is 5.79 Å². The number of allylic oxidation sites excluding steroid dienone is 1. The Morgan fingerprint density at radius 1 is 0.899 bits per heavy atom. The molecular weight excluding hydrogens is 882 g/mol. The lowest BCUT2D eigenvalue weighted by molar-refractivity contribution is -0.384. The fourth-order valence-corrected chi connectivity index (χ4v) is 10.2. The third kappa shape index (κ3) is 10.9. The highest BCUT2D eigenvalue weighted by Crippen LogP contribution is 2.62. The number of hydrogen-bond donors (Lipinski definition) is 2. The summed E-state index contributed by atoms with van der Waals surface area (Å²) in [5.41, 5.74) is 4.86. The first-order valence-electron chi connectivity index (χ1n) is 23.7. The average Bonchev–Trinajstić information content (AvgIpc) is 3.36. The van der Waals surface area contributed by atoms with E-state index in [9.17, 15) is 29.5 Å². The first-order valence-corrected chi connectivity index (χ1v) is 23.7. The molecule has 0 saturated heterocycles. The van der Waals surface area contributed by atoms with Crippen LogP contribution < -0.4 is 14.2 Å². The van der Waals surface area contributed by atoms with Crippen LogP contribution in [0.4, 0.5) is 14.9 Å². The maximum Gasteiger partial charge on any atom is 0.416 e. The van der Waals surface area contributed by atoms with Crippen molar-refractivity contribution in [3.05, 3.63) is 173 Å². The molecule has 5 aromatic rings. The Morgan fingerprint density at radius 3 is 2.26 bits per heavy atom. The lowest BCUT2D eigenvalue weighted by Crippen LogP contribution is -2.70. The summed E-state index contributed by atoms with van der Waals surface area (Å²) in [5.74, 6) is -1.27. The SMILES string of the molecule is C=CCO[C@@]12Oc3ccc(Oc4ccc(-c5ccccc5)cc4)cc3[C@H]3[C@H](CCCCO)[C@@H](CCCCO)C=C(C(=NOCC)C[C@@H]1N(Cc1ccc(F)cc1)C(=O)Oc1ccc([N+](=O)[O-])cc1)[C@H]32. The molecule has 0 bridgehead atoms. The smallest absolute Gasteiger partial charge is 0.416 e.